The zero-order valence-corrected chi connectivity index (χ0v) is 14.3. The van der Waals surface area contributed by atoms with E-state index in [1.54, 1.807) is 6.92 Å². The second-order valence-electron chi connectivity index (χ2n) is 5.90. The predicted octanol–water partition coefficient (Wildman–Crippen LogP) is 4.20. The van der Waals surface area contributed by atoms with E-state index in [0.29, 0.717) is 5.75 Å². The number of nitrogens with one attached hydrogen (secondary N) is 1. The number of rotatable bonds is 6. The van der Waals surface area contributed by atoms with Gasteiger partial charge in [0.1, 0.15) is 5.75 Å². The zero-order valence-electron chi connectivity index (χ0n) is 14.3. The fourth-order valence-corrected chi connectivity index (χ4v) is 2.40. The highest BCUT2D eigenvalue weighted by Crippen LogP contribution is 2.16. The van der Waals surface area contributed by atoms with E-state index in [2.05, 4.69) is 36.5 Å². The summed E-state index contributed by atoms with van der Waals surface area (Å²) >= 11 is 0. The molecule has 0 aliphatic carbocycles. The van der Waals surface area contributed by atoms with Crippen LogP contribution in [0.5, 0.6) is 5.75 Å². The van der Waals surface area contributed by atoms with Crippen LogP contribution in [0.3, 0.4) is 0 Å². The molecule has 0 heterocycles. The molecule has 2 atom stereocenters. The topological polar surface area (TPSA) is 38.3 Å². The molecular formula is C20H25NO2. The average molecular weight is 311 g/mol. The van der Waals surface area contributed by atoms with Gasteiger partial charge in [-0.15, -0.1) is 0 Å². The Hall–Kier alpha value is -2.29. The lowest BCUT2D eigenvalue weighted by Crippen LogP contribution is -2.37. The summed E-state index contributed by atoms with van der Waals surface area (Å²) in [5.41, 5.74) is 3.50. The minimum absolute atomic E-state index is 0.0445. The number of benzene rings is 2. The van der Waals surface area contributed by atoms with Crippen molar-refractivity contribution in [1.82, 2.24) is 5.32 Å². The zero-order chi connectivity index (χ0) is 16.8. The summed E-state index contributed by atoms with van der Waals surface area (Å²) in [6.45, 7) is 7.88. The first-order valence-electron chi connectivity index (χ1n) is 8.12. The number of ether oxygens (including phenoxy) is 1. The van der Waals surface area contributed by atoms with Crippen LogP contribution in [-0.4, -0.2) is 12.0 Å². The van der Waals surface area contributed by atoms with Crippen LogP contribution in [0.15, 0.2) is 48.5 Å². The lowest BCUT2D eigenvalue weighted by atomic mass is 10.0. The molecule has 0 aliphatic heterocycles. The third kappa shape index (κ3) is 4.85. The SMILES string of the molecule is CCc1ccc([C@H](C)NC(=O)[C@H](C)Oc2cccc(C)c2)cc1. The monoisotopic (exact) mass is 311 g/mol. The van der Waals surface area contributed by atoms with Gasteiger partial charge in [-0.25, -0.2) is 0 Å². The molecule has 3 heteroatoms. The summed E-state index contributed by atoms with van der Waals surface area (Å²) in [6, 6.07) is 16.0. The van der Waals surface area contributed by atoms with E-state index in [-0.39, 0.29) is 11.9 Å². The molecule has 122 valence electrons. The highest BCUT2D eigenvalue weighted by atomic mass is 16.5. The van der Waals surface area contributed by atoms with Crippen LogP contribution in [0.1, 0.15) is 43.5 Å². The van der Waals surface area contributed by atoms with Crippen LogP contribution < -0.4 is 10.1 Å². The molecule has 1 N–H and O–H groups in total. The minimum atomic E-state index is -0.533. The molecule has 2 aromatic rings. The molecule has 0 fully saturated rings. The quantitative estimate of drug-likeness (QED) is 0.868. The molecule has 0 radical (unpaired) electrons. The summed E-state index contributed by atoms with van der Waals surface area (Å²) < 4.78 is 5.72. The molecular weight excluding hydrogens is 286 g/mol. The van der Waals surface area contributed by atoms with Crippen LogP contribution in [-0.2, 0) is 11.2 Å². The van der Waals surface area contributed by atoms with E-state index in [1.165, 1.54) is 5.56 Å². The fourth-order valence-electron chi connectivity index (χ4n) is 2.40. The molecule has 0 aromatic heterocycles. The van der Waals surface area contributed by atoms with Gasteiger partial charge in [0.25, 0.3) is 5.91 Å². The number of carbonyl (C=O) groups is 1. The minimum Gasteiger partial charge on any atom is -0.481 e. The molecule has 23 heavy (non-hydrogen) atoms. The fraction of sp³-hybridized carbons (Fsp3) is 0.350. The number of aryl methyl sites for hydroxylation is 2. The average Bonchev–Trinajstić information content (AvgIpc) is 2.54. The molecule has 0 saturated heterocycles. The van der Waals surface area contributed by atoms with E-state index in [9.17, 15) is 4.79 Å². The Balaban J connectivity index is 1.94. The lowest BCUT2D eigenvalue weighted by Gasteiger charge is -2.19. The Morgan fingerprint density at radius 2 is 1.83 bits per heavy atom. The van der Waals surface area contributed by atoms with Crippen molar-refractivity contribution < 1.29 is 9.53 Å². The van der Waals surface area contributed by atoms with Gasteiger partial charge in [-0.05, 0) is 56.0 Å². The van der Waals surface area contributed by atoms with Gasteiger partial charge in [0, 0.05) is 0 Å². The molecule has 3 nitrogen and oxygen atoms in total. The van der Waals surface area contributed by atoms with Crippen molar-refractivity contribution >= 4 is 5.91 Å². The molecule has 0 aliphatic rings. The third-order valence-corrected chi connectivity index (χ3v) is 3.92. The van der Waals surface area contributed by atoms with Gasteiger partial charge in [-0.3, -0.25) is 4.79 Å². The predicted molar refractivity (Wildman–Crippen MR) is 93.6 cm³/mol. The van der Waals surface area contributed by atoms with Gasteiger partial charge in [0.15, 0.2) is 6.10 Å². The Kier molecular flexibility index (Phi) is 5.80. The number of hydrogen-bond acceptors (Lipinski definition) is 2. The van der Waals surface area contributed by atoms with E-state index in [0.717, 1.165) is 17.5 Å². The maximum Gasteiger partial charge on any atom is 0.261 e. The first-order chi connectivity index (χ1) is 11.0. The van der Waals surface area contributed by atoms with E-state index in [1.807, 2.05) is 38.1 Å². The van der Waals surface area contributed by atoms with Gasteiger partial charge in [-0.1, -0.05) is 43.3 Å². The summed E-state index contributed by atoms with van der Waals surface area (Å²) in [6.07, 6.45) is 0.483. The van der Waals surface area contributed by atoms with Crippen molar-refractivity contribution in [3.8, 4) is 5.75 Å². The summed E-state index contributed by atoms with van der Waals surface area (Å²) in [5, 5.41) is 3.00. The highest BCUT2D eigenvalue weighted by Gasteiger charge is 2.17. The van der Waals surface area contributed by atoms with E-state index < -0.39 is 6.10 Å². The van der Waals surface area contributed by atoms with E-state index >= 15 is 0 Å². The van der Waals surface area contributed by atoms with Crippen molar-refractivity contribution in [2.45, 2.75) is 46.3 Å². The van der Waals surface area contributed by atoms with Crippen LogP contribution in [0.25, 0.3) is 0 Å². The summed E-state index contributed by atoms with van der Waals surface area (Å²) in [4.78, 5) is 12.3. The van der Waals surface area contributed by atoms with Gasteiger partial charge in [0.05, 0.1) is 6.04 Å². The Morgan fingerprint density at radius 1 is 1.13 bits per heavy atom. The van der Waals surface area contributed by atoms with Gasteiger partial charge in [-0.2, -0.15) is 0 Å². The van der Waals surface area contributed by atoms with Gasteiger partial charge < -0.3 is 10.1 Å². The van der Waals surface area contributed by atoms with Crippen LogP contribution in [0.2, 0.25) is 0 Å². The molecule has 1 amide bonds. The number of hydrogen-bond donors (Lipinski definition) is 1. The third-order valence-electron chi connectivity index (χ3n) is 3.92. The van der Waals surface area contributed by atoms with Crippen molar-refractivity contribution in [3.05, 3.63) is 65.2 Å². The molecule has 2 aromatic carbocycles. The van der Waals surface area contributed by atoms with Crippen LogP contribution in [0, 0.1) is 6.92 Å². The lowest BCUT2D eigenvalue weighted by molar-refractivity contribution is -0.127. The highest BCUT2D eigenvalue weighted by molar-refractivity contribution is 5.81. The Bertz CT molecular complexity index is 649. The number of amides is 1. The van der Waals surface area contributed by atoms with Gasteiger partial charge in [0.2, 0.25) is 0 Å². The molecule has 2 rings (SSSR count). The van der Waals surface area contributed by atoms with E-state index in [4.69, 9.17) is 4.74 Å². The van der Waals surface area contributed by atoms with Crippen molar-refractivity contribution in [1.29, 1.82) is 0 Å². The van der Waals surface area contributed by atoms with Crippen LogP contribution >= 0.6 is 0 Å². The Morgan fingerprint density at radius 3 is 2.43 bits per heavy atom. The van der Waals surface area contributed by atoms with Crippen molar-refractivity contribution in [2.75, 3.05) is 0 Å². The van der Waals surface area contributed by atoms with Crippen molar-refractivity contribution in [2.24, 2.45) is 0 Å². The molecule has 0 unspecified atom stereocenters. The standard InChI is InChI=1S/C20H25NO2/c1-5-17-9-11-18(12-10-17)15(3)21-20(22)16(4)23-19-8-6-7-14(2)13-19/h6-13,15-16H,5H2,1-4H3,(H,21,22)/t15-,16-/m0/s1. The summed E-state index contributed by atoms with van der Waals surface area (Å²) in [5.74, 6) is 0.603. The molecule has 0 bridgehead atoms. The summed E-state index contributed by atoms with van der Waals surface area (Å²) in [7, 11) is 0. The number of carbonyl (C=O) groups excluding carboxylic acids is 1. The van der Waals surface area contributed by atoms with Gasteiger partial charge >= 0.3 is 0 Å². The smallest absolute Gasteiger partial charge is 0.261 e. The molecule has 0 spiro atoms. The maximum atomic E-state index is 12.3. The second-order valence-corrected chi connectivity index (χ2v) is 5.90. The first kappa shape index (κ1) is 17.1. The first-order valence-corrected chi connectivity index (χ1v) is 8.12. The Labute approximate surface area is 138 Å². The maximum absolute atomic E-state index is 12.3. The largest absolute Gasteiger partial charge is 0.481 e. The normalized spacial score (nSPS) is 13.2. The second kappa shape index (κ2) is 7.82. The molecule has 0 saturated carbocycles. The van der Waals surface area contributed by atoms with Crippen LogP contribution in [0.4, 0.5) is 0 Å². The van der Waals surface area contributed by atoms with Crippen molar-refractivity contribution in [3.63, 3.8) is 0 Å².